The first kappa shape index (κ1) is 22.6. The van der Waals surface area contributed by atoms with Crippen molar-refractivity contribution in [2.75, 3.05) is 18.4 Å². The van der Waals surface area contributed by atoms with Gasteiger partial charge < -0.3 is 21.3 Å². The van der Waals surface area contributed by atoms with Gasteiger partial charge in [-0.3, -0.25) is 4.79 Å². The van der Waals surface area contributed by atoms with E-state index in [9.17, 15) is 9.59 Å². The lowest BCUT2D eigenvalue weighted by Gasteiger charge is -2.32. The van der Waals surface area contributed by atoms with E-state index in [2.05, 4.69) is 33.7 Å². The molecule has 3 amide bonds. The average Bonchev–Trinajstić information content (AvgIpc) is 3.22. The summed E-state index contributed by atoms with van der Waals surface area (Å²) in [5, 5.41) is 11.8. The van der Waals surface area contributed by atoms with Crippen molar-refractivity contribution < 1.29 is 9.59 Å². The summed E-state index contributed by atoms with van der Waals surface area (Å²) in [6.45, 7) is 8.41. The lowest BCUT2D eigenvalue weighted by Crippen LogP contribution is -2.44. The Morgan fingerprint density at radius 3 is 2.61 bits per heavy atom. The number of carbonyl (C=O) groups excluding carboxylic acids is 2. The molecule has 0 radical (unpaired) electrons. The third kappa shape index (κ3) is 4.76. The molecule has 0 spiro atoms. The van der Waals surface area contributed by atoms with E-state index in [-0.39, 0.29) is 11.9 Å². The molecule has 0 atom stereocenters. The Morgan fingerprint density at radius 1 is 1.18 bits per heavy atom. The largest absolute Gasteiger partial charge is 0.381 e. The Morgan fingerprint density at radius 2 is 1.94 bits per heavy atom. The highest BCUT2D eigenvalue weighted by Crippen LogP contribution is 2.28. The van der Waals surface area contributed by atoms with Crippen LogP contribution >= 0.6 is 0 Å². The number of nitrogens with two attached hydrogens (primary N) is 1. The van der Waals surface area contributed by atoms with Crippen LogP contribution in [0.1, 0.15) is 46.8 Å². The molecule has 33 heavy (non-hydrogen) atoms. The lowest BCUT2D eigenvalue weighted by molar-refractivity contribution is 0.0951. The number of hydrogen-bond donors (Lipinski definition) is 3. The molecule has 9 heteroatoms. The molecular formula is C24H31N7O2. The lowest BCUT2D eigenvalue weighted by atomic mass is 10.0. The predicted molar refractivity (Wildman–Crippen MR) is 128 cm³/mol. The van der Waals surface area contributed by atoms with E-state index in [1.165, 1.54) is 5.56 Å². The second-order valence-corrected chi connectivity index (χ2v) is 8.60. The summed E-state index contributed by atoms with van der Waals surface area (Å²) in [7, 11) is 0. The Balaban J connectivity index is 1.59. The fourth-order valence-corrected chi connectivity index (χ4v) is 4.35. The van der Waals surface area contributed by atoms with Crippen LogP contribution in [0, 0.1) is 13.8 Å². The number of aromatic nitrogens is 3. The van der Waals surface area contributed by atoms with Gasteiger partial charge in [0, 0.05) is 38.4 Å². The van der Waals surface area contributed by atoms with Crippen LogP contribution in [0.25, 0.3) is 11.0 Å². The molecule has 0 aliphatic carbocycles. The van der Waals surface area contributed by atoms with E-state index in [1.807, 2.05) is 30.7 Å². The van der Waals surface area contributed by atoms with E-state index in [0.717, 1.165) is 40.7 Å². The fourth-order valence-electron chi connectivity index (χ4n) is 4.35. The van der Waals surface area contributed by atoms with Crippen molar-refractivity contribution in [1.82, 2.24) is 25.0 Å². The normalized spacial score (nSPS) is 14.5. The van der Waals surface area contributed by atoms with Crippen molar-refractivity contribution >= 4 is 28.7 Å². The first-order valence-electron chi connectivity index (χ1n) is 11.4. The van der Waals surface area contributed by atoms with Gasteiger partial charge in [0.1, 0.15) is 0 Å². The molecule has 3 aromatic rings. The number of piperidine rings is 1. The third-order valence-corrected chi connectivity index (χ3v) is 6.30. The minimum atomic E-state index is -0.393. The standard InChI is InChI=1S/C24H31N7O2/c1-4-31-22-19(14-28-31)21(29-18-7-9-30(10-8-18)24(25)33)20(13-26-22)23(32)27-12-17-6-5-15(2)11-16(17)3/h5-6,11,13-14,18H,4,7-10,12H2,1-3H3,(H2,25,33)(H,26,29)(H,27,32). The van der Waals surface area contributed by atoms with Gasteiger partial charge in [-0.25, -0.2) is 14.5 Å². The molecular weight excluding hydrogens is 418 g/mol. The number of benzene rings is 1. The molecule has 3 heterocycles. The van der Waals surface area contributed by atoms with Crippen molar-refractivity contribution in [3.8, 4) is 0 Å². The maximum Gasteiger partial charge on any atom is 0.314 e. The van der Waals surface area contributed by atoms with E-state index >= 15 is 0 Å². The predicted octanol–water partition coefficient (Wildman–Crippen LogP) is 2.95. The van der Waals surface area contributed by atoms with E-state index < -0.39 is 6.03 Å². The van der Waals surface area contributed by atoms with Crippen molar-refractivity contribution in [3.05, 3.63) is 52.8 Å². The van der Waals surface area contributed by atoms with Crippen molar-refractivity contribution in [2.24, 2.45) is 5.73 Å². The van der Waals surface area contributed by atoms with Gasteiger partial charge in [0.25, 0.3) is 5.91 Å². The highest BCUT2D eigenvalue weighted by Gasteiger charge is 2.25. The molecule has 0 bridgehead atoms. The van der Waals surface area contributed by atoms with Crippen molar-refractivity contribution in [1.29, 1.82) is 0 Å². The van der Waals surface area contributed by atoms with Crippen LogP contribution in [0.5, 0.6) is 0 Å². The highest BCUT2D eigenvalue weighted by atomic mass is 16.2. The second-order valence-electron chi connectivity index (χ2n) is 8.60. The zero-order valence-corrected chi connectivity index (χ0v) is 19.4. The van der Waals surface area contributed by atoms with Crippen LogP contribution in [-0.4, -0.2) is 50.7 Å². The smallest absolute Gasteiger partial charge is 0.314 e. The minimum Gasteiger partial charge on any atom is -0.381 e. The van der Waals surface area contributed by atoms with Crippen LogP contribution in [0.3, 0.4) is 0 Å². The Labute approximate surface area is 193 Å². The first-order chi connectivity index (χ1) is 15.9. The number of nitrogens with zero attached hydrogens (tertiary/aromatic N) is 4. The number of nitrogens with one attached hydrogen (secondary N) is 2. The maximum absolute atomic E-state index is 13.2. The Bertz CT molecular complexity index is 1180. The number of rotatable bonds is 6. The number of urea groups is 1. The summed E-state index contributed by atoms with van der Waals surface area (Å²) in [6.07, 6.45) is 4.87. The average molecular weight is 450 g/mol. The number of primary amides is 1. The third-order valence-electron chi connectivity index (χ3n) is 6.30. The number of aryl methyl sites for hydroxylation is 3. The van der Waals surface area contributed by atoms with Crippen molar-refractivity contribution in [3.63, 3.8) is 0 Å². The summed E-state index contributed by atoms with van der Waals surface area (Å²) in [5.74, 6) is -0.189. The van der Waals surface area contributed by atoms with Crippen LogP contribution in [-0.2, 0) is 13.1 Å². The van der Waals surface area contributed by atoms with Gasteiger partial charge in [-0.2, -0.15) is 5.10 Å². The van der Waals surface area contributed by atoms with E-state index in [1.54, 1.807) is 17.3 Å². The monoisotopic (exact) mass is 449 g/mol. The summed E-state index contributed by atoms with van der Waals surface area (Å²) in [5.41, 5.74) is 10.8. The fraction of sp³-hybridized carbons (Fsp3) is 0.417. The van der Waals surface area contributed by atoms with Gasteiger partial charge in [0.2, 0.25) is 0 Å². The summed E-state index contributed by atoms with van der Waals surface area (Å²) in [6, 6.07) is 5.92. The molecule has 9 nitrogen and oxygen atoms in total. The molecule has 1 aliphatic heterocycles. The number of fused-ring (bicyclic) bond motifs is 1. The van der Waals surface area contributed by atoms with Crippen LogP contribution < -0.4 is 16.4 Å². The zero-order valence-electron chi connectivity index (χ0n) is 19.4. The van der Waals surface area contributed by atoms with Gasteiger partial charge in [0.15, 0.2) is 5.65 Å². The van der Waals surface area contributed by atoms with Gasteiger partial charge in [0.05, 0.1) is 22.8 Å². The first-order valence-corrected chi connectivity index (χ1v) is 11.4. The van der Waals surface area contributed by atoms with Gasteiger partial charge in [-0.05, 0) is 44.7 Å². The summed E-state index contributed by atoms with van der Waals surface area (Å²) in [4.78, 5) is 30.9. The number of likely N-dealkylation sites (tertiary alicyclic amines) is 1. The van der Waals surface area contributed by atoms with Crippen LogP contribution in [0.4, 0.5) is 10.5 Å². The number of hydrogen-bond acceptors (Lipinski definition) is 5. The number of pyridine rings is 1. The summed E-state index contributed by atoms with van der Waals surface area (Å²) >= 11 is 0. The quantitative estimate of drug-likeness (QED) is 0.535. The van der Waals surface area contributed by atoms with Gasteiger partial charge >= 0.3 is 6.03 Å². The topological polar surface area (TPSA) is 118 Å². The number of carbonyl (C=O) groups is 2. The molecule has 1 fully saturated rings. The Kier molecular flexibility index (Phi) is 6.48. The minimum absolute atomic E-state index is 0.113. The molecule has 0 unspecified atom stereocenters. The van der Waals surface area contributed by atoms with Crippen LogP contribution in [0.2, 0.25) is 0 Å². The molecule has 0 saturated carbocycles. The highest BCUT2D eigenvalue weighted by molar-refractivity contribution is 6.06. The van der Waals surface area contributed by atoms with Gasteiger partial charge in [-0.1, -0.05) is 23.8 Å². The molecule has 4 rings (SSSR count). The number of anilines is 1. The second kappa shape index (κ2) is 9.48. The van der Waals surface area contributed by atoms with E-state index in [0.29, 0.717) is 31.7 Å². The number of amides is 3. The SMILES string of the molecule is CCn1ncc2c(NC3CCN(C(N)=O)CC3)c(C(=O)NCc3ccc(C)cc3C)cnc21. The molecule has 174 valence electrons. The zero-order chi connectivity index (χ0) is 23.5. The molecule has 2 aromatic heterocycles. The maximum atomic E-state index is 13.2. The van der Waals surface area contributed by atoms with Crippen LogP contribution in [0.15, 0.2) is 30.6 Å². The summed E-state index contributed by atoms with van der Waals surface area (Å²) < 4.78 is 1.81. The molecule has 1 aromatic carbocycles. The Hall–Kier alpha value is -3.62. The van der Waals surface area contributed by atoms with E-state index in [4.69, 9.17) is 5.73 Å². The molecule has 1 saturated heterocycles. The van der Waals surface area contributed by atoms with Gasteiger partial charge in [-0.15, -0.1) is 0 Å². The molecule has 4 N–H and O–H groups in total. The molecule has 1 aliphatic rings. The van der Waals surface area contributed by atoms with Crippen molar-refractivity contribution in [2.45, 2.75) is 52.7 Å².